The van der Waals surface area contributed by atoms with Crippen molar-refractivity contribution in [3.63, 3.8) is 0 Å². The minimum Gasteiger partial charge on any atom is -0.310 e. The van der Waals surface area contributed by atoms with Gasteiger partial charge in [0.15, 0.2) is 0 Å². The molecule has 2 aliphatic rings. The number of anilines is 3. The van der Waals surface area contributed by atoms with E-state index in [9.17, 15) is 2.74 Å². The topological polar surface area (TPSA) is 3.24 Å². The number of rotatable bonds is 6. The van der Waals surface area contributed by atoms with Gasteiger partial charge in [0.25, 0.3) is 0 Å². The Morgan fingerprint density at radius 3 is 1.81 bits per heavy atom. The maximum absolute atomic E-state index is 9.47. The number of para-hydroxylation sites is 2. The molecule has 0 aromatic heterocycles. The van der Waals surface area contributed by atoms with Crippen LogP contribution < -0.4 is 4.90 Å². The second-order valence-corrected chi connectivity index (χ2v) is 14.6. The molecule has 1 nitrogen and oxygen atoms in total. The van der Waals surface area contributed by atoms with Gasteiger partial charge in [0.1, 0.15) is 0 Å². The fraction of sp³-hybridized carbons (Fsp3) is 0.0769. The summed E-state index contributed by atoms with van der Waals surface area (Å²) in [6, 6.07) is 61.0. The summed E-state index contributed by atoms with van der Waals surface area (Å²) < 4.78 is 36.2. The maximum Gasteiger partial charge on any atom is 0.0713 e. The van der Waals surface area contributed by atoms with Crippen molar-refractivity contribution in [2.24, 2.45) is 0 Å². The average molecular weight is 682 g/mol. The second-order valence-electron chi connectivity index (χ2n) is 14.6. The zero-order valence-corrected chi connectivity index (χ0v) is 29.7. The summed E-state index contributed by atoms with van der Waals surface area (Å²) >= 11 is 0. The van der Waals surface area contributed by atoms with E-state index >= 15 is 0 Å². The van der Waals surface area contributed by atoms with Gasteiger partial charge in [-0.1, -0.05) is 178 Å². The first-order chi connectivity index (χ1) is 27.7. The molecule has 0 amide bonds. The van der Waals surface area contributed by atoms with Gasteiger partial charge in [-0.25, -0.2) is 0 Å². The Bertz CT molecular complexity index is 2880. The van der Waals surface area contributed by atoms with Crippen molar-refractivity contribution in [2.75, 3.05) is 4.90 Å². The number of hydrogen-bond donors (Lipinski definition) is 0. The fourth-order valence-electron chi connectivity index (χ4n) is 9.10. The largest absolute Gasteiger partial charge is 0.310 e. The molecule has 0 spiro atoms. The summed E-state index contributed by atoms with van der Waals surface area (Å²) in [6.45, 7) is 4.62. The van der Waals surface area contributed by atoms with Gasteiger partial charge in [-0.15, -0.1) is 0 Å². The van der Waals surface area contributed by atoms with Crippen LogP contribution in [0, 0.1) is 0 Å². The molecular weight excluding hydrogens is 639 g/mol. The molecule has 0 aliphatic heterocycles. The molecule has 0 N–H and O–H groups in total. The van der Waals surface area contributed by atoms with Gasteiger partial charge in [-0.05, 0) is 97.6 Å². The molecule has 0 saturated heterocycles. The van der Waals surface area contributed by atoms with E-state index in [0.29, 0.717) is 11.1 Å². The molecule has 8 aromatic carbocycles. The van der Waals surface area contributed by atoms with Crippen LogP contribution in [0.5, 0.6) is 0 Å². The molecule has 252 valence electrons. The van der Waals surface area contributed by atoms with Crippen molar-refractivity contribution in [2.45, 2.75) is 24.7 Å². The first kappa shape index (κ1) is 27.2. The lowest BCUT2D eigenvalue weighted by molar-refractivity contribution is 0.660. The third-order valence-electron chi connectivity index (χ3n) is 11.5. The lowest BCUT2D eigenvalue weighted by Crippen LogP contribution is -2.28. The molecule has 0 radical (unpaired) electrons. The molecule has 10 rings (SSSR count). The van der Waals surface area contributed by atoms with E-state index in [-0.39, 0.29) is 29.6 Å². The van der Waals surface area contributed by atoms with Gasteiger partial charge in [0, 0.05) is 22.4 Å². The van der Waals surface area contributed by atoms with E-state index in [1.807, 2.05) is 42.5 Å². The van der Waals surface area contributed by atoms with Crippen LogP contribution in [0.1, 0.15) is 52.7 Å². The van der Waals surface area contributed by atoms with Crippen molar-refractivity contribution in [3.8, 4) is 33.4 Å². The van der Waals surface area contributed by atoms with Gasteiger partial charge >= 0.3 is 0 Å². The highest BCUT2D eigenvalue weighted by Gasteiger charge is 2.46. The van der Waals surface area contributed by atoms with Gasteiger partial charge in [-0.3, -0.25) is 0 Å². The Balaban J connectivity index is 1.21. The van der Waals surface area contributed by atoms with Crippen LogP contribution in [-0.4, -0.2) is 0 Å². The molecule has 0 saturated carbocycles. The number of fused-ring (bicyclic) bond motifs is 6. The van der Waals surface area contributed by atoms with E-state index in [0.717, 1.165) is 50.4 Å². The highest BCUT2D eigenvalue weighted by atomic mass is 15.1. The minimum atomic E-state index is -1.01. The van der Waals surface area contributed by atoms with E-state index in [1.165, 1.54) is 22.3 Å². The summed E-state index contributed by atoms with van der Waals surface area (Å²) in [5.74, 6) is 0. The van der Waals surface area contributed by atoms with Crippen molar-refractivity contribution >= 4 is 17.1 Å². The lowest BCUT2D eigenvalue weighted by atomic mass is 9.67. The summed E-state index contributed by atoms with van der Waals surface area (Å²) in [4.78, 5) is 2.35. The monoisotopic (exact) mass is 681 g/mol. The Morgan fingerprint density at radius 2 is 1.02 bits per heavy atom. The second kappa shape index (κ2) is 12.1. The predicted octanol–water partition coefficient (Wildman–Crippen LogP) is 13.5. The highest BCUT2D eigenvalue weighted by molar-refractivity contribution is 5.92. The molecule has 0 heterocycles. The zero-order chi connectivity index (χ0) is 39.1. The van der Waals surface area contributed by atoms with E-state index < -0.39 is 5.41 Å². The summed E-state index contributed by atoms with van der Waals surface area (Å²) in [5, 5.41) is 0. The zero-order valence-electron chi connectivity index (χ0n) is 33.7. The van der Waals surface area contributed by atoms with Crippen LogP contribution in [0.3, 0.4) is 0 Å². The lowest BCUT2D eigenvalue weighted by Gasteiger charge is -2.34. The molecular formula is C52H39N. The van der Waals surface area contributed by atoms with Crippen LogP contribution in [0.4, 0.5) is 17.1 Å². The summed E-state index contributed by atoms with van der Waals surface area (Å²) in [6.07, 6.45) is 0. The molecule has 1 unspecified atom stereocenters. The normalized spacial score (nSPS) is 17.0. The van der Waals surface area contributed by atoms with Crippen molar-refractivity contribution < 1.29 is 5.48 Å². The third kappa shape index (κ3) is 4.64. The average Bonchev–Trinajstić information content (AvgIpc) is 3.69. The van der Waals surface area contributed by atoms with E-state index in [2.05, 4.69) is 152 Å². The number of hydrogen-bond acceptors (Lipinski definition) is 1. The van der Waals surface area contributed by atoms with E-state index in [4.69, 9.17) is 2.74 Å². The van der Waals surface area contributed by atoms with Crippen LogP contribution in [-0.2, 0) is 10.8 Å². The predicted molar refractivity (Wildman–Crippen MR) is 221 cm³/mol. The molecule has 2 aliphatic carbocycles. The number of nitrogens with zero attached hydrogens (tertiary/aromatic N) is 1. The van der Waals surface area contributed by atoms with Gasteiger partial charge in [0.05, 0.1) is 16.6 Å². The quantitative estimate of drug-likeness (QED) is 0.169. The SMILES string of the molecule is [2H]c1c([2H])c([2H])c2c(c1[2H])-c1ccccc1C2(c1ccccc1)c1cccc(-c2ccccc2N(c2ccccc2)c2ccc3c(c2)-c2ccccc2C3(C)C)c1. The Hall–Kier alpha value is -6.44. The first-order valence-corrected chi connectivity index (χ1v) is 18.3. The molecule has 1 heteroatoms. The van der Waals surface area contributed by atoms with Crippen molar-refractivity contribution in [1.82, 2.24) is 0 Å². The summed E-state index contributed by atoms with van der Waals surface area (Å²) in [7, 11) is 0. The molecule has 0 bridgehead atoms. The maximum atomic E-state index is 9.47. The fourth-order valence-corrected chi connectivity index (χ4v) is 9.10. The first-order valence-electron chi connectivity index (χ1n) is 20.3. The third-order valence-corrected chi connectivity index (χ3v) is 11.5. The highest BCUT2D eigenvalue weighted by Crippen LogP contribution is 2.57. The smallest absolute Gasteiger partial charge is 0.0713 e. The standard InChI is InChI=1S/C52H39N/c1-51(2)46-28-13-9-27-44(46)45-35-40(32-33-47(45)51)53(39-22-7-4-8-23-39)50-31-16-12-24-41(50)36-18-17-21-38(34-36)52(37-19-5-3-6-20-37)48-29-14-10-25-42(48)43-26-11-15-30-49(43)52/h3-35H,1-2H3/i10D,14D,25D,29D. The van der Waals surface area contributed by atoms with Crippen LogP contribution in [0.15, 0.2) is 200 Å². The Kier molecular flexibility index (Phi) is 6.21. The van der Waals surface area contributed by atoms with Crippen LogP contribution in [0.25, 0.3) is 33.4 Å². The van der Waals surface area contributed by atoms with Gasteiger partial charge in [-0.2, -0.15) is 0 Å². The molecule has 1 atom stereocenters. The molecule has 8 aromatic rings. The Labute approximate surface area is 318 Å². The van der Waals surface area contributed by atoms with Gasteiger partial charge < -0.3 is 4.90 Å². The Morgan fingerprint density at radius 1 is 0.415 bits per heavy atom. The number of benzene rings is 8. The molecule has 53 heavy (non-hydrogen) atoms. The minimum absolute atomic E-state index is 0.0170. The van der Waals surface area contributed by atoms with Gasteiger partial charge in [0.2, 0.25) is 0 Å². The van der Waals surface area contributed by atoms with Crippen molar-refractivity contribution in [1.29, 1.82) is 0 Å². The van der Waals surface area contributed by atoms with E-state index in [1.54, 1.807) is 0 Å². The van der Waals surface area contributed by atoms with Crippen LogP contribution in [0.2, 0.25) is 0 Å². The van der Waals surface area contributed by atoms with Crippen molar-refractivity contribution in [3.05, 3.63) is 233 Å². The summed E-state index contributed by atoms with van der Waals surface area (Å²) in [5.41, 5.74) is 14.0. The van der Waals surface area contributed by atoms with Crippen LogP contribution >= 0.6 is 0 Å². The molecule has 0 fully saturated rings.